The first-order valence-corrected chi connectivity index (χ1v) is 5.58. The first kappa shape index (κ1) is 12.0. The summed E-state index contributed by atoms with van der Waals surface area (Å²) in [7, 11) is 0. The van der Waals surface area contributed by atoms with Crippen LogP contribution in [0.25, 0.3) is 0 Å². The van der Waals surface area contributed by atoms with Crippen molar-refractivity contribution in [2.24, 2.45) is 0 Å². The molecule has 0 saturated carbocycles. The van der Waals surface area contributed by atoms with Crippen LogP contribution in [-0.4, -0.2) is 36.0 Å². The lowest BCUT2D eigenvalue weighted by molar-refractivity contribution is -0.118. The summed E-state index contributed by atoms with van der Waals surface area (Å²) in [6.45, 7) is 4.47. The fourth-order valence-electron chi connectivity index (χ4n) is 1.99. The molecule has 1 fully saturated rings. The van der Waals surface area contributed by atoms with Gasteiger partial charge in [0, 0.05) is 19.0 Å². The zero-order valence-corrected chi connectivity index (χ0v) is 9.49. The molecule has 0 spiro atoms. The van der Waals surface area contributed by atoms with Crippen molar-refractivity contribution in [3.63, 3.8) is 0 Å². The van der Waals surface area contributed by atoms with E-state index in [0.29, 0.717) is 13.0 Å². The lowest BCUT2D eigenvalue weighted by atomic mass is 9.98. The van der Waals surface area contributed by atoms with Crippen molar-refractivity contribution in [1.82, 2.24) is 4.90 Å². The molecule has 1 aliphatic heterocycles. The summed E-state index contributed by atoms with van der Waals surface area (Å²) in [6.07, 6.45) is 3.20. The lowest BCUT2D eigenvalue weighted by Crippen LogP contribution is -2.44. The van der Waals surface area contributed by atoms with Crippen LogP contribution in [0.3, 0.4) is 0 Å². The topological polar surface area (TPSA) is 46.6 Å². The predicted molar refractivity (Wildman–Crippen MR) is 56.7 cm³/mol. The molecule has 4 heteroatoms. The van der Waals surface area contributed by atoms with Crippen molar-refractivity contribution in [3.8, 4) is 0 Å². The third-order valence-electron chi connectivity index (χ3n) is 2.65. The second-order valence-corrected chi connectivity index (χ2v) is 3.95. The summed E-state index contributed by atoms with van der Waals surface area (Å²) < 4.78 is 4.97. The zero-order chi connectivity index (χ0) is 11.3. The number of likely N-dealkylation sites (tertiary alicyclic amines) is 1. The molecule has 0 aliphatic carbocycles. The van der Waals surface area contributed by atoms with Gasteiger partial charge in [0.2, 0.25) is 0 Å². The number of piperidine rings is 1. The van der Waals surface area contributed by atoms with E-state index in [2.05, 4.69) is 0 Å². The number of carbonyl (C=O) groups is 2. The fourth-order valence-corrected chi connectivity index (χ4v) is 1.99. The molecule has 0 radical (unpaired) electrons. The van der Waals surface area contributed by atoms with Gasteiger partial charge in [-0.3, -0.25) is 4.79 Å². The van der Waals surface area contributed by atoms with Gasteiger partial charge in [-0.1, -0.05) is 0 Å². The van der Waals surface area contributed by atoms with Crippen molar-refractivity contribution in [2.45, 2.75) is 45.6 Å². The monoisotopic (exact) mass is 213 g/mol. The van der Waals surface area contributed by atoms with Crippen LogP contribution in [0.15, 0.2) is 0 Å². The Morgan fingerprint density at radius 1 is 1.40 bits per heavy atom. The highest BCUT2D eigenvalue weighted by Gasteiger charge is 2.28. The maximum atomic E-state index is 11.6. The van der Waals surface area contributed by atoms with E-state index < -0.39 is 0 Å². The van der Waals surface area contributed by atoms with E-state index in [4.69, 9.17) is 4.74 Å². The minimum Gasteiger partial charge on any atom is -0.450 e. The molecule has 15 heavy (non-hydrogen) atoms. The first-order chi connectivity index (χ1) is 7.15. The van der Waals surface area contributed by atoms with Gasteiger partial charge in [-0.15, -0.1) is 0 Å². The Morgan fingerprint density at radius 2 is 2.13 bits per heavy atom. The highest BCUT2D eigenvalue weighted by Crippen LogP contribution is 2.20. The number of nitrogens with zero attached hydrogens (tertiary/aromatic N) is 1. The van der Waals surface area contributed by atoms with E-state index in [1.807, 2.05) is 0 Å². The van der Waals surface area contributed by atoms with Gasteiger partial charge in [0.15, 0.2) is 0 Å². The van der Waals surface area contributed by atoms with Gasteiger partial charge in [-0.25, -0.2) is 4.79 Å². The number of ether oxygens (including phenoxy) is 1. The van der Waals surface area contributed by atoms with Crippen LogP contribution in [0.5, 0.6) is 0 Å². The van der Waals surface area contributed by atoms with E-state index in [1.54, 1.807) is 18.7 Å². The highest BCUT2D eigenvalue weighted by molar-refractivity contribution is 5.77. The number of ketones is 1. The minimum absolute atomic E-state index is 0.0512. The van der Waals surface area contributed by atoms with Crippen LogP contribution in [0.1, 0.15) is 39.5 Å². The van der Waals surface area contributed by atoms with Crippen molar-refractivity contribution < 1.29 is 14.3 Å². The van der Waals surface area contributed by atoms with Crippen LogP contribution >= 0.6 is 0 Å². The van der Waals surface area contributed by atoms with E-state index in [0.717, 1.165) is 25.8 Å². The third kappa shape index (κ3) is 3.53. The Bertz CT molecular complexity index is 240. The number of hydrogen-bond acceptors (Lipinski definition) is 3. The average molecular weight is 213 g/mol. The molecule has 1 atom stereocenters. The van der Waals surface area contributed by atoms with Crippen LogP contribution in [0.2, 0.25) is 0 Å². The van der Waals surface area contributed by atoms with E-state index in [-0.39, 0.29) is 17.9 Å². The summed E-state index contributed by atoms with van der Waals surface area (Å²) in [5.41, 5.74) is 0. The van der Waals surface area contributed by atoms with Crippen molar-refractivity contribution >= 4 is 11.9 Å². The number of Topliss-reactive ketones (excluding diaryl/α,β-unsaturated/α-hetero) is 1. The van der Waals surface area contributed by atoms with Crippen LogP contribution in [-0.2, 0) is 9.53 Å². The molecule has 0 N–H and O–H groups in total. The summed E-state index contributed by atoms with van der Waals surface area (Å²) in [5.74, 6) is 0.135. The van der Waals surface area contributed by atoms with Gasteiger partial charge in [0.1, 0.15) is 5.78 Å². The number of rotatable bonds is 3. The molecular formula is C11H19NO3. The van der Waals surface area contributed by atoms with E-state index in [9.17, 15) is 9.59 Å². The summed E-state index contributed by atoms with van der Waals surface area (Å²) in [6, 6.07) is 0.0512. The maximum absolute atomic E-state index is 11.6. The molecule has 1 amide bonds. The summed E-state index contributed by atoms with van der Waals surface area (Å²) in [5, 5.41) is 0. The molecule has 86 valence electrons. The number of hydrogen-bond donors (Lipinski definition) is 0. The Hall–Kier alpha value is -1.06. The smallest absolute Gasteiger partial charge is 0.410 e. The molecule has 1 rings (SSSR count). The fraction of sp³-hybridized carbons (Fsp3) is 0.818. The summed E-state index contributed by atoms with van der Waals surface area (Å²) in [4.78, 5) is 24.3. The second kappa shape index (κ2) is 5.73. The Morgan fingerprint density at radius 3 is 2.73 bits per heavy atom. The molecule has 4 nitrogen and oxygen atoms in total. The third-order valence-corrected chi connectivity index (χ3v) is 2.65. The number of carbonyl (C=O) groups excluding carboxylic acids is 2. The lowest BCUT2D eigenvalue weighted by Gasteiger charge is -2.34. The normalized spacial score (nSPS) is 21.2. The Kier molecular flexibility index (Phi) is 4.59. The van der Waals surface area contributed by atoms with Gasteiger partial charge >= 0.3 is 6.09 Å². The van der Waals surface area contributed by atoms with Gasteiger partial charge in [-0.2, -0.15) is 0 Å². The van der Waals surface area contributed by atoms with Crippen molar-refractivity contribution in [3.05, 3.63) is 0 Å². The van der Waals surface area contributed by atoms with Crippen molar-refractivity contribution in [2.75, 3.05) is 13.2 Å². The van der Waals surface area contributed by atoms with Gasteiger partial charge in [0.05, 0.1) is 6.61 Å². The predicted octanol–water partition coefficient (Wildman–Crippen LogP) is 1.98. The SMILES string of the molecule is CCOC(=O)N1CCCCC1CC(C)=O. The molecular weight excluding hydrogens is 194 g/mol. The quantitative estimate of drug-likeness (QED) is 0.720. The van der Waals surface area contributed by atoms with Gasteiger partial charge in [0.25, 0.3) is 0 Å². The molecule has 1 saturated heterocycles. The van der Waals surface area contributed by atoms with Gasteiger partial charge < -0.3 is 9.64 Å². The zero-order valence-electron chi connectivity index (χ0n) is 9.49. The number of amides is 1. The molecule has 1 heterocycles. The molecule has 1 unspecified atom stereocenters. The average Bonchev–Trinajstić information content (AvgIpc) is 2.18. The highest BCUT2D eigenvalue weighted by atomic mass is 16.6. The maximum Gasteiger partial charge on any atom is 0.410 e. The van der Waals surface area contributed by atoms with E-state index >= 15 is 0 Å². The van der Waals surface area contributed by atoms with Crippen LogP contribution < -0.4 is 0 Å². The first-order valence-electron chi connectivity index (χ1n) is 5.58. The van der Waals surface area contributed by atoms with Crippen LogP contribution in [0.4, 0.5) is 4.79 Å². The Labute approximate surface area is 90.6 Å². The van der Waals surface area contributed by atoms with Crippen molar-refractivity contribution in [1.29, 1.82) is 0 Å². The molecule has 1 aliphatic rings. The molecule has 0 aromatic heterocycles. The Balaban J connectivity index is 2.56. The standard InChI is InChI=1S/C11H19NO3/c1-3-15-11(14)12-7-5-4-6-10(12)8-9(2)13/h10H,3-8H2,1-2H3. The molecule has 0 aromatic rings. The second-order valence-electron chi connectivity index (χ2n) is 3.95. The van der Waals surface area contributed by atoms with Gasteiger partial charge in [-0.05, 0) is 33.1 Å². The minimum atomic E-state index is -0.275. The summed E-state index contributed by atoms with van der Waals surface area (Å²) >= 11 is 0. The van der Waals surface area contributed by atoms with Crippen LogP contribution in [0, 0.1) is 0 Å². The largest absolute Gasteiger partial charge is 0.450 e. The van der Waals surface area contributed by atoms with E-state index in [1.165, 1.54) is 0 Å². The molecule has 0 aromatic carbocycles. The molecule has 0 bridgehead atoms.